The van der Waals surface area contributed by atoms with Crippen LogP contribution in [0.4, 0.5) is 5.95 Å². The third-order valence-electron chi connectivity index (χ3n) is 4.37. The van der Waals surface area contributed by atoms with Crippen LogP contribution in [0.2, 0.25) is 0 Å². The van der Waals surface area contributed by atoms with Crippen LogP contribution in [-0.2, 0) is 11.2 Å². The second kappa shape index (κ2) is 6.48. The van der Waals surface area contributed by atoms with E-state index >= 15 is 0 Å². The van der Waals surface area contributed by atoms with Crippen molar-refractivity contribution in [3.63, 3.8) is 0 Å². The number of rotatable bonds is 3. The van der Waals surface area contributed by atoms with Crippen molar-refractivity contribution in [1.82, 2.24) is 15.0 Å². The topological polar surface area (TPSA) is 73.9 Å². The Hall–Kier alpha value is -1.23. The summed E-state index contributed by atoms with van der Waals surface area (Å²) < 4.78 is 5.77. The summed E-state index contributed by atoms with van der Waals surface area (Å²) in [7, 11) is 0. The molecule has 2 aliphatic rings. The van der Waals surface area contributed by atoms with Gasteiger partial charge in [0, 0.05) is 18.9 Å². The van der Waals surface area contributed by atoms with Crippen molar-refractivity contribution in [3.05, 3.63) is 11.6 Å². The first kappa shape index (κ1) is 13.7. The van der Waals surface area contributed by atoms with E-state index in [1.807, 2.05) is 0 Å². The lowest BCUT2D eigenvalue weighted by molar-refractivity contribution is 0.0156. The summed E-state index contributed by atoms with van der Waals surface area (Å²) in [5, 5.41) is 0. The van der Waals surface area contributed by atoms with E-state index in [-0.39, 0.29) is 6.10 Å². The number of aromatic nitrogens is 3. The molecule has 5 nitrogen and oxygen atoms in total. The minimum Gasteiger partial charge on any atom is -0.378 e. The molecular weight excluding hydrogens is 252 g/mol. The Morgan fingerprint density at radius 3 is 2.50 bits per heavy atom. The predicted octanol–water partition coefficient (Wildman–Crippen LogP) is 2.61. The molecule has 2 fully saturated rings. The molecular formula is C15H24N4O. The summed E-state index contributed by atoms with van der Waals surface area (Å²) in [6.45, 7) is 0.862. The van der Waals surface area contributed by atoms with Crippen LogP contribution in [0.15, 0.2) is 0 Å². The summed E-state index contributed by atoms with van der Waals surface area (Å²) in [5.74, 6) is 2.56. The normalized spacial score (nSPS) is 24.7. The highest BCUT2D eigenvalue weighted by atomic mass is 16.5. The molecule has 0 spiro atoms. The van der Waals surface area contributed by atoms with Crippen molar-refractivity contribution in [2.24, 2.45) is 0 Å². The van der Waals surface area contributed by atoms with Crippen molar-refractivity contribution in [2.75, 3.05) is 12.3 Å². The Bertz CT molecular complexity index is 439. The van der Waals surface area contributed by atoms with Crippen molar-refractivity contribution < 1.29 is 4.74 Å². The molecule has 2 N–H and O–H groups in total. The lowest BCUT2D eigenvalue weighted by atomic mass is 9.89. The van der Waals surface area contributed by atoms with Crippen LogP contribution in [0.1, 0.15) is 68.9 Å². The maximum Gasteiger partial charge on any atom is 0.223 e. The fourth-order valence-electron chi connectivity index (χ4n) is 3.26. The van der Waals surface area contributed by atoms with Gasteiger partial charge in [0.15, 0.2) is 0 Å². The number of nitrogens with two attached hydrogens (primary N) is 1. The molecule has 0 amide bonds. The third-order valence-corrected chi connectivity index (χ3v) is 4.37. The van der Waals surface area contributed by atoms with Crippen LogP contribution in [-0.4, -0.2) is 27.7 Å². The lowest BCUT2D eigenvalue weighted by Crippen LogP contribution is -2.23. The van der Waals surface area contributed by atoms with E-state index in [9.17, 15) is 0 Å². The Labute approximate surface area is 120 Å². The zero-order chi connectivity index (χ0) is 13.8. The van der Waals surface area contributed by atoms with Crippen LogP contribution < -0.4 is 5.73 Å². The molecule has 1 aliphatic carbocycles. The Morgan fingerprint density at radius 1 is 0.950 bits per heavy atom. The van der Waals surface area contributed by atoms with E-state index < -0.39 is 0 Å². The fourth-order valence-corrected chi connectivity index (χ4v) is 3.26. The van der Waals surface area contributed by atoms with Gasteiger partial charge in [0.1, 0.15) is 11.6 Å². The minimum atomic E-state index is 0.254. The molecule has 1 aromatic rings. The highest BCUT2D eigenvalue weighted by molar-refractivity contribution is 5.18. The third kappa shape index (κ3) is 3.45. The standard InChI is InChI=1S/C15H24N4O/c16-15-18-13(10-12-8-4-5-9-20-12)17-14(19-15)11-6-2-1-3-7-11/h11-12H,1-10H2,(H2,16,17,18,19). The van der Waals surface area contributed by atoms with Gasteiger partial charge in [0.2, 0.25) is 5.95 Å². The molecule has 20 heavy (non-hydrogen) atoms. The molecule has 110 valence electrons. The SMILES string of the molecule is Nc1nc(CC2CCCCO2)nc(C2CCCCC2)n1. The average Bonchev–Trinajstić information content (AvgIpc) is 2.49. The molecule has 1 aromatic heterocycles. The van der Waals surface area contributed by atoms with Crippen LogP contribution in [0, 0.1) is 0 Å². The van der Waals surface area contributed by atoms with Crippen molar-refractivity contribution in [3.8, 4) is 0 Å². The van der Waals surface area contributed by atoms with Crippen molar-refractivity contribution >= 4 is 5.95 Å². The summed E-state index contributed by atoms with van der Waals surface area (Å²) in [4.78, 5) is 13.3. The molecule has 1 saturated carbocycles. The molecule has 3 rings (SSSR count). The lowest BCUT2D eigenvalue weighted by Gasteiger charge is -2.23. The largest absolute Gasteiger partial charge is 0.378 e. The smallest absolute Gasteiger partial charge is 0.223 e. The van der Waals surface area contributed by atoms with Gasteiger partial charge in [-0.25, -0.2) is 4.98 Å². The monoisotopic (exact) mass is 276 g/mol. The molecule has 0 bridgehead atoms. The number of nitrogen functional groups attached to an aromatic ring is 1. The Kier molecular flexibility index (Phi) is 4.45. The van der Waals surface area contributed by atoms with Crippen LogP contribution in [0.25, 0.3) is 0 Å². The molecule has 1 atom stereocenters. The number of hydrogen-bond donors (Lipinski definition) is 1. The van der Waals surface area contributed by atoms with Crippen LogP contribution in [0.3, 0.4) is 0 Å². The zero-order valence-electron chi connectivity index (χ0n) is 12.1. The van der Waals surface area contributed by atoms with Gasteiger partial charge in [-0.1, -0.05) is 19.3 Å². The zero-order valence-corrected chi connectivity index (χ0v) is 12.1. The molecule has 0 radical (unpaired) electrons. The van der Waals surface area contributed by atoms with Gasteiger partial charge in [-0.15, -0.1) is 0 Å². The van der Waals surface area contributed by atoms with Crippen LogP contribution >= 0.6 is 0 Å². The molecule has 1 unspecified atom stereocenters. The van der Waals surface area contributed by atoms with E-state index in [0.29, 0.717) is 11.9 Å². The molecule has 1 saturated heterocycles. The van der Waals surface area contributed by atoms with Gasteiger partial charge in [-0.2, -0.15) is 9.97 Å². The van der Waals surface area contributed by atoms with Gasteiger partial charge in [0.25, 0.3) is 0 Å². The van der Waals surface area contributed by atoms with E-state index in [1.165, 1.54) is 44.9 Å². The van der Waals surface area contributed by atoms with Crippen molar-refractivity contribution in [2.45, 2.75) is 69.8 Å². The van der Waals surface area contributed by atoms with Crippen molar-refractivity contribution in [1.29, 1.82) is 0 Å². The highest BCUT2D eigenvalue weighted by Crippen LogP contribution is 2.30. The minimum absolute atomic E-state index is 0.254. The highest BCUT2D eigenvalue weighted by Gasteiger charge is 2.21. The molecule has 5 heteroatoms. The van der Waals surface area contributed by atoms with E-state index in [0.717, 1.165) is 31.1 Å². The van der Waals surface area contributed by atoms with Gasteiger partial charge in [0.05, 0.1) is 6.10 Å². The predicted molar refractivity (Wildman–Crippen MR) is 77.4 cm³/mol. The first-order chi connectivity index (χ1) is 9.81. The summed E-state index contributed by atoms with van der Waals surface area (Å²) >= 11 is 0. The second-order valence-corrected chi connectivity index (χ2v) is 6.00. The average molecular weight is 276 g/mol. The first-order valence-electron chi connectivity index (χ1n) is 7.93. The fraction of sp³-hybridized carbons (Fsp3) is 0.800. The van der Waals surface area contributed by atoms with Gasteiger partial charge >= 0.3 is 0 Å². The molecule has 1 aliphatic heterocycles. The summed E-state index contributed by atoms with van der Waals surface area (Å²) in [6, 6.07) is 0. The van der Waals surface area contributed by atoms with E-state index in [1.54, 1.807) is 0 Å². The van der Waals surface area contributed by atoms with Gasteiger partial charge in [-0.05, 0) is 32.1 Å². The number of hydrogen-bond acceptors (Lipinski definition) is 5. The second-order valence-electron chi connectivity index (χ2n) is 6.00. The number of anilines is 1. The van der Waals surface area contributed by atoms with Crippen LogP contribution in [0.5, 0.6) is 0 Å². The molecule has 0 aromatic carbocycles. The Balaban J connectivity index is 1.71. The van der Waals surface area contributed by atoms with Gasteiger partial charge in [-0.3, -0.25) is 0 Å². The van der Waals surface area contributed by atoms with E-state index in [4.69, 9.17) is 10.5 Å². The van der Waals surface area contributed by atoms with E-state index in [2.05, 4.69) is 15.0 Å². The number of nitrogens with zero attached hydrogens (tertiary/aromatic N) is 3. The summed E-state index contributed by atoms with van der Waals surface area (Å²) in [5.41, 5.74) is 5.87. The maximum atomic E-state index is 5.87. The maximum absolute atomic E-state index is 5.87. The summed E-state index contributed by atoms with van der Waals surface area (Å²) in [6.07, 6.45) is 10.8. The quantitative estimate of drug-likeness (QED) is 0.918. The van der Waals surface area contributed by atoms with Gasteiger partial charge < -0.3 is 10.5 Å². The first-order valence-corrected chi connectivity index (χ1v) is 7.93. The number of ether oxygens (including phenoxy) is 1. The molecule has 2 heterocycles. The Morgan fingerprint density at radius 2 is 1.75 bits per heavy atom.